The molecule has 1 aromatic rings. The van der Waals surface area contributed by atoms with Gasteiger partial charge in [-0.2, -0.15) is 5.10 Å². The Morgan fingerprint density at radius 2 is 2.18 bits per heavy atom. The van der Waals surface area contributed by atoms with E-state index in [1.807, 2.05) is 0 Å². The highest BCUT2D eigenvalue weighted by Gasteiger charge is 2.21. The van der Waals surface area contributed by atoms with Crippen molar-refractivity contribution < 1.29 is 0 Å². The SMILES string of the molecule is Cn1ncc(N2CCC(CN)CC2)c(Cl)c1=O. The fraction of sp³-hybridized carbons (Fsp3) is 0.636. The number of aromatic nitrogens is 2. The number of hydrogen-bond donors (Lipinski definition) is 1. The first-order valence-corrected chi connectivity index (χ1v) is 6.18. The van der Waals surface area contributed by atoms with Crippen molar-refractivity contribution in [1.29, 1.82) is 0 Å². The molecular formula is C11H17ClN4O. The molecule has 0 unspecified atom stereocenters. The van der Waals surface area contributed by atoms with Gasteiger partial charge < -0.3 is 10.6 Å². The fourth-order valence-electron chi connectivity index (χ4n) is 2.13. The van der Waals surface area contributed by atoms with Gasteiger partial charge in [0.25, 0.3) is 5.56 Å². The van der Waals surface area contributed by atoms with Gasteiger partial charge in [-0.1, -0.05) is 11.6 Å². The summed E-state index contributed by atoms with van der Waals surface area (Å²) in [6.45, 7) is 2.50. The third-order valence-corrected chi connectivity index (χ3v) is 3.70. The molecule has 1 aromatic heterocycles. The Morgan fingerprint density at radius 1 is 1.53 bits per heavy atom. The second kappa shape index (κ2) is 5.06. The first kappa shape index (κ1) is 12.4. The first-order valence-electron chi connectivity index (χ1n) is 5.80. The number of nitrogens with zero attached hydrogens (tertiary/aromatic N) is 3. The molecule has 2 rings (SSSR count). The minimum Gasteiger partial charge on any atom is -0.369 e. The molecule has 17 heavy (non-hydrogen) atoms. The molecule has 1 aliphatic heterocycles. The summed E-state index contributed by atoms with van der Waals surface area (Å²) in [5, 5.41) is 4.27. The molecule has 0 saturated carbocycles. The summed E-state index contributed by atoms with van der Waals surface area (Å²) in [6.07, 6.45) is 3.75. The van der Waals surface area contributed by atoms with Crippen molar-refractivity contribution in [3.05, 3.63) is 21.6 Å². The van der Waals surface area contributed by atoms with Crippen LogP contribution in [0.3, 0.4) is 0 Å². The fourth-order valence-corrected chi connectivity index (χ4v) is 2.42. The Kier molecular flexibility index (Phi) is 3.69. The van der Waals surface area contributed by atoms with Crippen LogP contribution in [0.4, 0.5) is 5.69 Å². The summed E-state index contributed by atoms with van der Waals surface area (Å²) in [5.41, 5.74) is 6.15. The van der Waals surface area contributed by atoms with E-state index >= 15 is 0 Å². The van der Waals surface area contributed by atoms with E-state index in [-0.39, 0.29) is 10.6 Å². The molecule has 6 heteroatoms. The van der Waals surface area contributed by atoms with Gasteiger partial charge in [0.15, 0.2) is 0 Å². The van der Waals surface area contributed by atoms with Gasteiger partial charge in [0.05, 0.1) is 11.9 Å². The molecule has 1 saturated heterocycles. The van der Waals surface area contributed by atoms with Crippen LogP contribution in [0.15, 0.2) is 11.0 Å². The lowest BCUT2D eigenvalue weighted by Crippen LogP contribution is -2.37. The van der Waals surface area contributed by atoms with Crippen LogP contribution in [-0.2, 0) is 7.05 Å². The smallest absolute Gasteiger partial charge is 0.287 e. The summed E-state index contributed by atoms with van der Waals surface area (Å²) in [6, 6.07) is 0. The maximum absolute atomic E-state index is 11.7. The van der Waals surface area contributed by atoms with Gasteiger partial charge in [-0.3, -0.25) is 4.79 Å². The zero-order chi connectivity index (χ0) is 12.4. The van der Waals surface area contributed by atoms with Gasteiger partial charge in [0, 0.05) is 20.1 Å². The van der Waals surface area contributed by atoms with Gasteiger partial charge in [-0.25, -0.2) is 4.68 Å². The zero-order valence-corrected chi connectivity index (χ0v) is 10.7. The molecule has 0 aromatic carbocycles. The maximum Gasteiger partial charge on any atom is 0.287 e. The molecular weight excluding hydrogens is 240 g/mol. The highest BCUT2D eigenvalue weighted by Crippen LogP contribution is 2.26. The largest absolute Gasteiger partial charge is 0.369 e. The van der Waals surface area contributed by atoms with E-state index in [2.05, 4.69) is 10.00 Å². The summed E-state index contributed by atoms with van der Waals surface area (Å²) in [5.74, 6) is 0.588. The van der Waals surface area contributed by atoms with Gasteiger partial charge in [0.2, 0.25) is 0 Å². The third kappa shape index (κ3) is 2.45. The summed E-state index contributed by atoms with van der Waals surface area (Å²) in [7, 11) is 1.60. The lowest BCUT2D eigenvalue weighted by atomic mass is 9.97. The van der Waals surface area contributed by atoms with Crippen molar-refractivity contribution in [2.45, 2.75) is 12.8 Å². The van der Waals surface area contributed by atoms with Gasteiger partial charge in [-0.15, -0.1) is 0 Å². The van der Waals surface area contributed by atoms with Crippen LogP contribution in [-0.4, -0.2) is 29.4 Å². The Hall–Kier alpha value is -1.07. The van der Waals surface area contributed by atoms with E-state index in [9.17, 15) is 4.79 Å². The molecule has 2 N–H and O–H groups in total. The van der Waals surface area contributed by atoms with Crippen LogP contribution in [0.25, 0.3) is 0 Å². The molecule has 94 valence electrons. The Morgan fingerprint density at radius 3 is 2.76 bits per heavy atom. The van der Waals surface area contributed by atoms with Gasteiger partial charge in [-0.05, 0) is 25.3 Å². The third-order valence-electron chi connectivity index (χ3n) is 3.35. The van der Waals surface area contributed by atoms with Crippen LogP contribution in [0, 0.1) is 5.92 Å². The van der Waals surface area contributed by atoms with Gasteiger partial charge >= 0.3 is 0 Å². The standard InChI is InChI=1S/C11H17ClN4O/c1-15-11(17)10(12)9(7-14-15)16-4-2-8(6-13)3-5-16/h7-8H,2-6,13H2,1H3. The average Bonchev–Trinajstić information content (AvgIpc) is 2.36. The number of anilines is 1. The van der Waals surface area contributed by atoms with Crippen molar-refractivity contribution in [3.63, 3.8) is 0 Å². The van der Waals surface area contributed by atoms with E-state index < -0.39 is 0 Å². The molecule has 2 heterocycles. The van der Waals surface area contributed by atoms with Gasteiger partial charge in [0.1, 0.15) is 5.02 Å². The second-order valence-corrected chi connectivity index (χ2v) is 4.82. The molecule has 0 aliphatic carbocycles. The van der Waals surface area contributed by atoms with Crippen molar-refractivity contribution in [3.8, 4) is 0 Å². The predicted octanol–water partition coefficient (Wildman–Crippen LogP) is 0.609. The molecule has 5 nitrogen and oxygen atoms in total. The summed E-state index contributed by atoms with van der Waals surface area (Å²) < 4.78 is 1.25. The van der Waals surface area contributed by atoms with Crippen molar-refractivity contribution in [2.24, 2.45) is 18.7 Å². The quantitative estimate of drug-likeness (QED) is 0.842. The highest BCUT2D eigenvalue weighted by molar-refractivity contribution is 6.33. The first-order chi connectivity index (χ1) is 8.13. The van der Waals surface area contributed by atoms with E-state index in [1.165, 1.54) is 4.68 Å². The van der Waals surface area contributed by atoms with Crippen molar-refractivity contribution in [1.82, 2.24) is 9.78 Å². The van der Waals surface area contributed by atoms with E-state index in [0.29, 0.717) is 5.92 Å². The molecule has 0 bridgehead atoms. The Bertz CT molecular complexity index is 451. The normalized spacial score (nSPS) is 17.5. The predicted molar refractivity (Wildman–Crippen MR) is 68.5 cm³/mol. The maximum atomic E-state index is 11.7. The van der Waals surface area contributed by atoms with Crippen molar-refractivity contribution >= 4 is 17.3 Å². The monoisotopic (exact) mass is 256 g/mol. The van der Waals surface area contributed by atoms with Crippen LogP contribution >= 0.6 is 11.6 Å². The second-order valence-electron chi connectivity index (χ2n) is 4.44. The van der Waals surface area contributed by atoms with Crippen LogP contribution < -0.4 is 16.2 Å². The molecule has 1 fully saturated rings. The lowest BCUT2D eigenvalue weighted by molar-refractivity contribution is 0.414. The number of halogens is 1. The van der Waals surface area contributed by atoms with Crippen molar-refractivity contribution in [2.75, 3.05) is 24.5 Å². The number of nitrogens with two attached hydrogens (primary N) is 1. The van der Waals surface area contributed by atoms with Crippen LogP contribution in [0.1, 0.15) is 12.8 Å². The Balaban J connectivity index is 2.19. The molecule has 0 amide bonds. The Labute approximate surface area is 105 Å². The lowest BCUT2D eigenvalue weighted by Gasteiger charge is -2.33. The molecule has 0 radical (unpaired) electrons. The minimum absolute atomic E-state index is 0.245. The molecule has 0 spiro atoms. The zero-order valence-electron chi connectivity index (χ0n) is 9.90. The number of piperidine rings is 1. The number of rotatable bonds is 2. The highest BCUT2D eigenvalue weighted by atomic mass is 35.5. The van der Waals surface area contributed by atoms with Crippen LogP contribution in [0.2, 0.25) is 5.02 Å². The average molecular weight is 257 g/mol. The molecule has 0 atom stereocenters. The number of aryl methyl sites for hydroxylation is 1. The van der Waals surface area contributed by atoms with E-state index in [1.54, 1.807) is 13.2 Å². The molecule has 1 aliphatic rings. The van der Waals surface area contributed by atoms with Crippen LogP contribution in [0.5, 0.6) is 0 Å². The summed E-state index contributed by atoms with van der Waals surface area (Å²) in [4.78, 5) is 13.8. The number of hydrogen-bond acceptors (Lipinski definition) is 4. The van der Waals surface area contributed by atoms with E-state index in [4.69, 9.17) is 17.3 Å². The minimum atomic E-state index is -0.245. The van der Waals surface area contributed by atoms with E-state index in [0.717, 1.165) is 38.2 Å². The topological polar surface area (TPSA) is 64.2 Å². The summed E-state index contributed by atoms with van der Waals surface area (Å²) >= 11 is 6.06.